The first-order valence-electron chi connectivity index (χ1n) is 10.7. The molecule has 3 aromatic carbocycles. The van der Waals surface area contributed by atoms with Crippen LogP contribution in [0.1, 0.15) is 28.2 Å². The highest BCUT2D eigenvalue weighted by Gasteiger charge is 2.28. The van der Waals surface area contributed by atoms with Crippen molar-refractivity contribution in [2.75, 3.05) is 0 Å². The Morgan fingerprint density at radius 2 is 1.30 bits per heavy atom. The van der Waals surface area contributed by atoms with Crippen molar-refractivity contribution in [2.45, 2.75) is 12.8 Å². The number of fused-ring (bicyclic) bond motifs is 3. The van der Waals surface area contributed by atoms with Crippen molar-refractivity contribution < 1.29 is 0 Å². The zero-order valence-corrected chi connectivity index (χ0v) is 20.8. The third-order valence-electron chi connectivity index (χ3n) is 6.49. The molecule has 0 saturated carbocycles. The van der Waals surface area contributed by atoms with E-state index in [2.05, 4.69) is 84.1 Å². The first-order chi connectivity index (χ1) is 16.0. The predicted molar refractivity (Wildman–Crippen MR) is 142 cm³/mol. The Bertz CT molecular complexity index is 1660. The molecule has 0 aliphatic rings. The lowest BCUT2D eigenvalue weighted by atomic mass is 9.82. The Balaban J connectivity index is 1.74. The van der Waals surface area contributed by atoms with E-state index in [1.807, 2.05) is 42.7 Å². The van der Waals surface area contributed by atoms with Gasteiger partial charge in [-0.3, -0.25) is 4.79 Å². The van der Waals surface area contributed by atoms with Crippen molar-refractivity contribution in [2.24, 2.45) is 0 Å². The molecule has 162 valence electrons. The zero-order valence-electron chi connectivity index (χ0n) is 17.7. The van der Waals surface area contributed by atoms with Crippen LogP contribution in [0, 0.1) is 6.92 Å². The van der Waals surface area contributed by atoms with Gasteiger partial charge in [0.1, 0.15) is 0 Å². The number of aromatic nitrogens is 3. The largest absolute Gasteiger partial charge is 0.361 e. The van der Waals surface area contributed by atoms with Gasteiger partial charge in [-0.1, -0.05) is 50.1 Å². The zero-order chi connectivity index (χ0) is 22.7. The minimum Gasteiger partial charge on any atom is -0.361 e. The molecule has 0 atom stereocenters. The number of aromatic amines is 3. The molecule has 3 N–H and O–H groups in total. The molecule has 0 aliphatic heterocycles. The van der Waals surface area contributed by atoms with Gasteiger partial charge in [-0.25, -0.2) is 0 Å². The quantitative estimate of drug-likeness (QED) is 0.206. The van der Waals surface area contributed by atoms with E-state index in [1.54, 1.807) is 0 Å². The Hall–Kier alpha value is -3.09. The molecule has 0 amide bonds. The molecule has 33 heavy (non-hydrogen) atoms. The molecular weight excluding hydrogens is 542 g/mol. The van der Waals surface area contributed by atoms with Gasteiger partial charge < -0.3 is 15.0 Å². The van der Waals surface area contributed by atoms with Crippen LogP contribution < -0.4 is 5.56 Å². The monoisotopic (exact) mass is 559 g/mol. The molecule has 0 bridgehead atoms. The predicted octanol–water partition coefficient (Wildman–Crippen LogP) is 7.50. The molecule has 0 unspecified atom stereocenters. The number of rotatable bonds is 3. The maximum absolute atomic E-state index is 13.6. The first-order valence-corrected chi connectivity index (χ1v) is 12.2. The highest BCUT2D eigenvalue weighted by Crippen LogP contribution is 2.41. The average Bonchev–Trinajstić information content (AvgIpc) is 3.40. The fourth-order valence-corrected chi connectivity index (χ4v) is 5.68. The van der Waals surface area contributed by atoms with E-state index in [9.17, 15) is 4.79 Å². The highest BCUT2D eigenvalue weighted by molar-refractivity contribution is 9.10. The van der Waals surface area contributed by atoms with Gasteiger partial charge in [0.2, 0.25) is 0 Å². The van der Waals surface area contributed by atoms with E-state index in [0.717, 1.165) is 63.9 Å². The molecule has 6 rings (SSSR count). The van der Waals surface area contributed by atoms with Gasteiger partial charge in [-0.05, 0) is 66.1 Å². The summed E-state index contributed by atoms with van der Waals surface area (Å²) in [4.78, 5) is 23.5. The molecular formula is C27H19Br2N3O. The maximum Gasteiger partial charge on any atom is 0.252 e. The third kappa shape index (κ3) is 3.28. The molecule has 0 fully saturated rings. The van der Waals surface area contributed by atoms with Crippen molar-refractivity contribution in [1.29, 1.82) is 0 Å². The summed E-state index contributed by atoms with van der Waals surface area (Å²) in [5, 5.41) is 3.23. The van der Waals surface area contributed by atoms with Crippen LogP contribution in [-0.2, 0) is 0 Å². The fourth-order valence-electron chi connectivity index (χ4n) is 4.96. The molecule has 3 heterocycles. The number of pyridine rings is 1. The van der Waals surface area contributed by atoms with Crippen molar-refractivity contribution in [3.63, 3.8) is 0 Å². The van der Waals surface area contributed by atoms with E-state index in [4.69, 9.17) is 0 Å². The maximum atomic E-state index is 13.6. The molecule has 6 heteroatoms. The molecule has 6 aromatic rings. The first kappa shape index (κ1) is 20.5. The summed E-state index contributed by atoms with van der Waals surface area (Å²) in [5.41, 5.74) is 6.74. The van der Waals surface area contributed by atoms with Gasteiger partial charge >= 0.3 is 0 Å². The van der Waals surface area contributed by atoms with Crippen LogP contribution in [0.5, 0.6) is 0 Å². The second kappa shape index (κ2) is 7.75. The summed E-state index contributed by atoms with van der Waals surface area (Å²) in [6, 6.07) is 20.4. The van der Waals surface area contributed by atoms with Crippen LogP contribution in [0.4, 0.5) is 0 Å². The van der Waals surface area contributed by atoms with Gasteiger partial charge in [0.25, 0.3) is 5.56 Å². The van der Waals surface area contributed by atoms with Crippen LogP contribution in [0.3, 0.4) is 0 Å². The summed E-state index contributed by atoms with van der Waals surface area (Å²) in [7, 11) is 0. The second-order valence-corrected chi connectivity index (χ2v) is 10.2. The molecule has 4 nitrogen and oxygen atoms in total. The second-order valence-electron chi connectivity index (χ2n) is 8.34. The van der Waals surface area contributed by atoms with Crippen molar-refractivity contribution in [3.05, 3.63) is 115 Å². The van der Waals surface area contributed by atoms with Gasteiger partial charge in [-0.15, -0.1) is 0 Å². The van der Waals surface area contributed by atoms with E-state index < -0.39 is 0 Å². The Kier molecular flexibility index (Phi) is 4.82. The van der Waals surface area contributed by atoms with Crippen LogP contribution in [0.15, 0.2) is 86.8 Å². The lowest BCUT2D eigenvalue weighted by molar-refractivity contribution is 0.953. The number of aryl methyl sites for hydroxylation is 1. The van der Waals surface area contributed by atoms with Crippen molar-refractivity contribution >= 4 is 64.6 Å². The molecule has 0 radical (unpaired) electrons. The molecule has 0 spiro atoms. The van der Waals surface area contributed by atoms with Crippen LogP contribution in [0.25, 0.3) is 32.7 Å². The SMILES string of the molecule is Cc1c(C(c2c[nH]c3ccc(Br)cc23)c2c[nH]c3ccc(Br)cc23)c(=O)[nH]c2ccccc12. The number of hydrogen-bond acceptors (Lipinski definition) is 1. The Labute approximate surface area is 206 Å². The van der Waals surface area contributed by atoms with Crippen LogP contribution in [0.2, 0.25) is 0 Å². The van der Waals surface area contributed by atoms with E-state index >= 15 is 0 Å². The minimum absolute atomic E-state index is 0.0649. The lowest BCUT2D eigenvalue weighted by Gasteiger charge is -2.20. The van der Waals surface area contributed by atoms with E-state index in [0.29, 0.717) is 0 Å². The summed E-state index contributed by atoms with van der Waals surface area (Å²) in [5.74, 6) is -0.260. The molecule has 0 aliphatic carbocycles. The lowest BCUT2D eigenvalue weighted by Crippen LogP contribution is -2.20. The molecule has 0 saturated heterocycles. The summed E-state index contributed by atoms with van der Waals surface area (Å²) in [6.07, 6.45) is 4.07. The topological polar surface area (TPSA) is 64.4 Å². The number of para-hydroxylation sites is 1. The summed E-state index contributed by atoms with van der Waals surface area (Å²) >= 11 is 7.24. The number of nitrogens with one attached hydrogen (secondary N) is 3. The van der Waals surface area contributed by atoms with Crippen molar-refractivity contribution in [1.82, 2.24) is 15.0 Å². The third-order valence-corrected chi connectivity index (χ3v) is 7.48. The Morgan fingerprint density at radius 3 is 1.91 bits per heavy atom. The summed E-state index contributed by atoms with van der Waals surface area (Å²) in [6.45, 7) is 2.05. The standard InChI is InChI=1S/C27H19Br2N3O/c1-14-17-4-2-3-5-24(17)32-27(33)25(14)26(20-12-30-22-8-6-15(28)10-18(20)22)21-13-31-23-9-7-16(29)11-19(21)23/h2-13,26,30-31H,1H3,(H,32,33). The number of hydrogen-bond donors (Lipinski definition) is 3. The normalized spacial score (nSPS) is 11.9. The van der Waals surface area contributed by atoms with Crippen LogP contribution in [-0.4, -0.2) is 15.0 Å². The van der Waals surface area contributed by atoms with Gasteiger partial charge in [-0.2, -0.15) is 0 Å². The van der Waals surface area contributed by atoms with Gasteiger partial charge in [0.05, 0.1) is 0 Å². The molecule has 3 aromatic heterocycles. The van der Waals surface area contributed by atoms with Crippen LogP contribution >= 0.6 is 31.9 Å². The van der Waals surface area contributed by atoms with Gasteiger partial charge in [0.15, 0.2) is 0 Å². The number of H-pyrrole nitrogens is 3. The fraction of sp³-hybridized carbons (Fsp3) is 0.0741. The summed E-state index contributed by atoms with van der Waals surface area (Å²) < 4.78 is 2.00. The van der Waals surface area contributed by atoms with Crippen molar-refractivity contribution in [3.8, 4) is 0 Å². The van der Waals surface area contributed by atoms with E-state index in [1.165, 1.54) is 0 Å². The van der Waals surface area contributed by atoms with E-state index in [-0.39, 0.29) is 11.5 Å². The smallest absolute Gasteiger partial charge is 0.252 e. The number of halogens is 2. The highest BCUT2D eigenvalue weighted by atomic mass is 79.9. The van der Waals surface area contributed by atoms with Gasteiger partial charge in [0, 0.05) is 65.5 Å². The average molecular weight is 561 g/mol. The number of benzene rings is 3. The minimum atomic E-state index is -0.260. The Morgan fingerprint density at radius 1 is 0.727 bits per heavy atom.